The third kappa shape index (κ3) is 3.03. The molecule has 1 nitrogen and oxygen atoms in total. The third-order valence-corrected chi connectivity index (χ3v) is 4.29. The zero-order chi connectivity index (χ0) is 15.0. The van der Waals surface area contributed by atoms with Crippen molar-refractivity contribution in [3.05, 3.63) is 70.8 Å². The molecule has 0 fully saturated rings. The fourth-order valence-electron chi connectivity index (χ4n) is 3.42. The lowest BCUT2D eigenvalue weighted by atomic mass is 9.90. The largest absolute Gasteiger partial charge is 0.305 e. The van der Waals surface area contributed by atoms with Gasteiger partial charge in [0, 0.05) is 17.5 Å². The molecule has 0 aliphatic heterocycles. The highest BCUT2D eigenvalue weighted by Crippen LogP contribution is 2.43. The minimum absolute atomic E-state index is 0.114. The van der Waals surface area contributed by atoms with Gasteiger partial charge in [-0.1, -0.05) is 54.1 Å². The van der Waals surface area contributed by atoms with E-state index in [-0.39, 0.29) is 5.54 Å². The summed E-state index contributed by atoms with van der Waals surface area (Å²) < 4.78 is 0. The number of aryl methyl sites for hydroxylation is 1. The van der Waals surface area contributed by atoms with Crippen LogP contribution in [0.2, 0.25) is 0 Å². The molecule has 110 valence electrons. The van der Waals surface area contributed by atoms with E-state index in [1.165, 1.54) is 22.3 Å². The Labute approximate surface area is 128 Å². The van der Waals surface area contributed by atoms with Crippen molar-refractivity contribution in [1.29, 1.82) is 0 Å². The van der Waals surface area contributed by atoms with E-state index in [4.69, 9.17) is 0 Å². The van der Waals surface area contributed by atoms with Crippen molar-refractivity contribution in [2.75, 3.05) is 0 Å². The topological polar surface area (TPSA) is 12.0 Å². The van der Waals surface area contributed by atoms with Crippen molar-refractivity contribution in [2.45, 2.75) is 51.6 Å². The van der Waals surface area contributed by atoms with Gasteiger partial charge < -0.3 is 5.32 Å². The predicted molar refractivity (Wildman–Crippen MR) is 89.7 cm³/mol. The maximum Gasteiger partial charge on any atom is 0.0399 e. The maximum absolute atomic E-state index is 3.85. The molecule has 0 unspecified atom stereocenters. The number of nitrogens with one attached hydrogen (secondary N) is 1. The third-order valence-electron chi connectivity index (χ3n) is 4.29. The molecule has 1 heteroatoms. The number of hydrogen-bond acceptors (Lipinski definition) is 1. The van der Waals surface area contributed by atoms with Crippen molar-refractivity contribution in [3.63, 3.8) is 0 Å². The Morgan fingerprint density at radius 1 is 1.00 bits per heavy atom. The molecule has 3 rings (SSSR count). The Morgan fingerprint density at radius 2 is 1.71 bits per heavy atom. The summed E-state index contributed by atoms with van der Waals surface area (Å²) in [5.41, 5.74) is 5.88. The lowest BCUT2D eigenvalue weighted by Crippen LogP contribution is -2.40. The van der Waals surface area contributed by atoms with E-state index >= 15 is 0 Å². The number of hydrogen-bond donors (Lipinski definition) is 1. The zero-order valence-electron chi connectivity index (χ0n) is 13.5. The van der Waals surface area contributed by atoms with Crippen LogP contribution in [0.4, 0.5) is 0 Å². The molecule has 2 aromatic carbocycles. The molecule has 2 atom stereocenters. The van der Waals surface area contributed by atoms with Gasteiger partial charge in [-0.2, -0.15) is 0 Å². The molecule has 0 radical (unpaired) electrons. The van der Waals surface area contributed by atoms with E-state index < -0.39 is 0 Å². The van der Waals surface area contributed by atoms with E-state index in [1.54, 1.807) is 0 Å². The summed E-state index contributed by atoms with van der Waals surface area (Å²) in [6.45, 7) is 8.94. The van der Waals surface area contributed by atoms with Crippen molar-refractivity contribution in [1.82, 2.24) is 5.32 Å². The molecule has 0 spiro atoms. The van der Waals surface area contributed by atoms with Crippen LogP contribution in [0.1, 0.15) is 55.0 Å². The molecule has 21 heavy (non-hydrogen) atoms. The Balaban J connectivity index is 2.02. The number of benzene rings is 2. The van der Waals surface area contributed by atoms with Gasteiger partial charge in [0.05, 0.1) is 0 Å². The van der Waals surface area contributed by atoms with Crippen LogP contribution in [0, 0.1) is 6.92 Å². The predicted octanol–water partition coefficient (Wildman–Crippen LogP) is 4.76. The summed E-state index contributed by atoms with van der Waals surface area (Å²) in [6, 6.07) is 18.2. The van der Waals surface area contributed by atoms with Crippen LogP contribution in [-0.4, -0.2) is 5.54 Å². The lowest BCUT2D eigenvalue weighted by molar-refractivity contribution is 0.340. The quantitative estimate of drug-likeness (QED) is 0.835. The Morgan fingerprint density at radius 3 is 2.38 bits per heavy atom. The highest BCUT2D eigenvalue weighted by Gasteiger charge is 2.35. The molecule has 1 aliphatic carbocycles. The van der Waals surface area contributed by atoms with E-state index in [9.17, 15) is 0 Å². The standard InChI is InChI=1S/C20H25N/c1-14-10-11-16-13-18(15-8-6-5-7-9-15)19(17(16)12-14)21-20(2,3)4/h5-12,18-19,21H,13H2,1-4H3/t18-,19-/m1/s1. The van der Waals surface area contributed by atoms with E-state index in [0.29, 0.717) is 12.0 Å². The van der Waals surface area contributed by atoms with Crippen molar-refractivity contribution in [2.24, 2.45) is 0 Å². The van der Waals surface area contributed by atoms with Crippen LogP contribution in [-0.2, 0) is 6.42 Å². The van der Waals surface area contributed by atoms with Gasteiger partial charge in [0.15, 0.2) is 0 Å². The molecule has 2 aromatic rings. The SMILES string of the molecule is Cc1ccc2c(c1)[C@@H](NC(C)(C)C)[C@@H](c1ccccc1)C2. The minimum Gasteiger partial charge on any atom is -0.305 e. The van der Waals surface area contributed by atoms with Gasteiger partial charge >= 0.3 is 0 Å². The van der Waals surface area contributed by atoms with Crippen LogP contribution < -0.4 is 5.32 Å². The zero-order valence-corrected chi connectivity index (χ0v) is 13.5. The number of fused-ring (bicyclic) bond motifs is 1. The average Bonchev–Trinajstić information content (AvgIpc) is 2.76. The summed E-state index contributed by atoms with van der Waals surface area (Å²) in [5.74, 6) is 0.530. The highest BCUT2D eigenvalue weighted by molar-refractivity contribution is 5.43. The lowest BCUT2D eigenvalue weighted by Gasteiger charge is -2.31. The molecule has 0 bridgehead atoms. The summed E-state index contributed by atoms with van der Waals surface area (Å²) in [4.78, 5) is 0. The summed E-state index contributed by atoms with van der Waals surface area (Å²) >= 11 is 0. The van der Waals surface area contributed by atoms with Gasteiger partial charge in [-0.05, 0) is 50.8 Å². The van der Waals surface area contributed by atoms with Crippen LogP contribution in [0.25, 0.3) is 0 Å². The van der Waals surface area contributed by atoms with Gasteiger partial charge in [0.25, 0.3) is 0 Å². The first kappa shape index (κ1) is 14.3. The summed E-state index contributed by atoms with van der Waals surface area (Å²) in [6.07, 6.45) is 1.13. The van der Waals surface area contributed by atoms with Gasteiger partial charge in [-0.25, -0.2) is 0 Å². The van der Waals surface area contributed by atoms with Gasteiger partial charge in [0.1, 0.15) is 0 Å². The van der Waals surface area contributed by atoms with Gasteiger partial charge in [0.2, 0.25) is 0 Å². The van der Waals surface area contributed by atoms with Crippen molar-refractivity contribution < 1.29 is 0 Å². The fraction of sp³-hybridized carbons (Fsp3) is 0.400. The van der Waals surface area contributed by atoms with Crippen LogP contribution in [0.3, 0.4) is 0 Å². The number of rotatable bonds is 2. The second-order valence-corrected chi connectivity index (χ2v) is 7.30. The monoisotopic (exact) mass is 279 g/mol. The van der Waals surface area contributed by atoms with Crippen molar-refractivity contribution in [3.8, 4) is 0 Å². The van der Waals surface area contributed by atoms with Crippen LogP contribution in [0.5, 0.6) is 0 Å². The first-order chi connectivity index (χ1) is 9.94. The van der Waals surface area contributed by atoms with Gasteiger partial charge in [-0.15, -0.1) is 0 Å². The van der Waals surface area contributed by atoms with E-state index in [2.05, 4.69) is 81.5 Å². The van der Waals surface area contributed by atoms with Crippen molar-refractivity contribution >= 4 is 0 Å². The van der Waals surface area contributed by atoms with Crippen LogP contribution >= 0.6 is 0 Å². The second-order valence-electron chi connectivity index (χ2n) is 7.30. The first-order valence-electron chi connectivity index (χ1n) is 7.86. The summed E-state index contributed by atoms with van der Waals surface area (Å²) in [5, 5.41) is 3.85. The molecule has 0 amide bonds. The molecule has 0 saturated heterocycles. The molecule has 0 aromatic heterocycles. The fourth-order valence-corrected chi connectivity index (χ4v) is 3.42. The summed E-state index contributed by atoms with van der Waals surface area (Å²) in [7, 11) is 0. The molecule has 1 aliphatic rings. The minimum atomic E-state index is 0.114. The van der Waals surface area contributed by atoms with Gasteiger partial charge in [-0.3, -0.25) is 0 Å². The first-order valence-corrected chi connectivity index (χ1v) is 7.86. The molecule has 1 N–H and O–H groups in total. The van der Waals surface area contributed by atoms with E-state index in [0.717, 1.165) is 6.42 Å². The Bertz CT molecular complexity index is 622. The normalized spacial score (nSPS) is 21.3. The molecular weight excluding hydrogens is 254 g/mol. The maximum atomic E-state index is 3.85. The second kappa shape index (κ2) is 5.31. The smallest absolute Gasteiger partial charge is 0.0399 e. The van der Waals surface area contributed by atoms with E-state index in [1.807, 2.05) is 0 Å². The molecule has 0 heterocycles. The molecular formula is C20H25N. The van der Waals surface area contributed by atoms with Crippen LogP contribution in [0.15, 0.2) is 48.5 Å². The molecule has 0 saturated carbocycles. The Hall–Kier alpha value is -1.60. The Kier molecular flexibility index (Phi) is 3.62. The highest BCUT2D eigenvalue weighted by atomic mass is 15.0. The average molecular weight is 279 g/mol.